The largest absolute Gasteiger partial charge is 0.430 e. The molecule has 0 radical (unpaired) electrons. The van der Waals surface area contributed by atoms with Gasteiger partial charge in [-0.2, -0.15) is 0 Å². The van der Waals surface area contributed by atoms with Crippen molar-refractivity contribution in [2.75, 3.05) is 0 Å². The van der Waals surface area contributed by atoms with Crippen molar-refractivity contribution < 1.29 is 9.15 Å². The Labute approximate surface area is 200 Å². The molecule has 0 aliphatic carbocycles. The van der Waals surface area contributed by atoms with Crippen molar-refractivity contribution in [3.8, 4) is 11.3 Å². The lowest BCUT2D eigenvalue weighted by atomic mass is 9.88. The van der Waals surface area contributed by atoms with Crippen molar-refractivity contribution in [1.82, 2.24) is 14.5 Å². The maximum absolute atomic E-state index is 13.4. The number of ether oxygens (including phenoxy) is 1. The first-order valence-electron chi connectivity index (χ1n) is 11.2. The second-order valence-electron chi connectivity index (χ2n) is 9.24. The summed E-state index contributed by atoms with van der Waals surface area (Å²) in [5.74, 6) is 0. The van der Waals surface area contributed by atoms with E-state index in [0.29, 0.717) is 35.8 Å². The highest BCUT2D eigenvalue weighted by Crippen LogP contribution is 2.40. The van der Waals surface area contributed by atoms with Gasteiger partial charge in [-0.15, -0.1) is 0 Å². The van der Waals surface area contributed by atoms with E-state index in [1.165, 1.54) is 4.57 Å². The fourth-order valence-electron chi connectivity index (χ4n) is 4.66. The lowest BCUT2D eigenvalue weighted by molar-refractivity contribution is -0.0395. The molecule has 170 valence electrons. The van der Waals surface area contributed by atoms with Gasteiger partial charge in [0.25, 0.3) is 5.56 Å². The molecule has 34 heavy (non-hydrogen) atoms. The van der Waals surface area contributed by atoms with E-state index in [9.17, 15) is 4.79 Å². The van der Waals surface area contributed by atoms with E-state index in [-0.39, 0.29) is 16.7 Å². The maximum atomic E-state index is 13.4. The SMILES string of the molecule is CC1(C)Cc2c(c(-c3ccccc3)nc3oc4c(=O)n(Cc5ccccc5Cl)cnc4c23)CO1. The van der Waals surface area contributed by atoms with E-state index in [1.54, 1.807) is 12.4 Å². The summed E-state index contributed by atoms with van der Waals surface area (Å²) in [7, 11) is 0. The molecule has 1 aliphatic heterocycles. The van der Waals surface area contributed by atoms with Gasteiger partial charge in [-0.25, -0.2) is 9.97 Å². The predicted octanol–water partition coefficient (Wildman–Crippen LogP) is 5.76. The first-order chi connectivity index (χ1) is 16.4. The molecule has 6 rings (SSSR count). The Morgan fingerprint density at radius 3 is 2.62 bits per heavy atom. The first kappa shape index (κ1) is 21.1. The predicted molar refractivity (Wildman–Crippen MR) is 132 cm³/mol. The summed E-state index contributed by atoms with van der Waals surface area (Å²) in [6, 6.07) is 17.4. The summed E-state index contributed by atoms with van der Waals surface area (Å²) in [5, 5.41) is 1.40. The van der Waals surface area contributed by atoms with Crippen LogP contribution in [0.25, 0.3) is 33.5 Å². The van der Waals surface area contributed by atoms with Gasteiger partial charge in [-0.3, -0.25) is 9.36 Å². The average molecular weight is 472 g/mol. The van der Waals surface area contributed by atoms with Crippen molar-refractivity contribution in [1.29, 1.82) is 0 Å². The van der Waals surface area contributed by atoms with Crippen molar-refractivity contribution >= 4 is 33.8 Å². The summed E-state index contributed by atoms with van der Waals surface area (Å²) >= 11 is 6.31. The molecule has 0 saturated carbocycles. The van der Waals surface area contributed by atoms with Crippen molar-refractivity contribution in [2.45, 2.75) is 39.0 Å². The molecule has 6 nitrogen and oxygen atoms in total. The number of hydrogen-bond acceptors (Lipinski definition) is 5. The van der Waals surface area contributed by atoms with Crippen LogP contribution in [-0.2, 0) is 24.3 Å². The molecule has 0 fully saturated rings. The Balaban J connectivity index is 1.60. The van der Waals surface area contributed by atoms with Gasteiger partial charge in [0.05, 0.1) is 36.2 Å². The van der Waals surface area contributed by atoms with Crippen molar-refractivity contribution in [3.05, 3.63) is 93.0 Å². The second kappa shape index (κ2) is 7.79. The summed E-state index contributed by atoms with van der Waals surface area (Å²) in [6.07, 6.45) is 2.23. The van der Waals surface area contributed by atoms with Gasteiger partial charge in [0.1, 0.15) is 5.52 Å². The molecule has 3 aromatic heterocycles. The number of halogens is 1. The van der Waals surface area contributed by atoms with Crippen LogP contribution >= 0.6 is 11.6 Å². The standard InChI is InChI=1S/C27H22ClN3O3/c1-27(2)12-18-19(14-33-27)22(16-8-4-3-5-9-16)30-25-21(18)23-24(34-25)26(32)31(15-29-23)13-17-10-6-7-11-20(17)28/h3-11,15H,12-14H2,1-2H3. The highest BCUT2D eigenvalue weighted by atomic mass is 35.5. The van der Waals surface area contributed by atoms with Gasteiger partial charge < -0.3 is 9.15 Å². The maximum Gasteiger partial charge on any atom is 0.297 e. The molecule has 2 aromatic carbocycles. The summed E-state index contributed by atoms with van der Waals surface area (Å²) in [5.41, 5.74) is 5.28. The first-order valence-corrected chi connectivity index (χ1v) is 11.6. The smallest absolute Gasteiger partial charge is 0.297 e. The third-order valence-corrected chi connectivity index (χ3v) is 6.74. The molecule has 0 atom stereocenters. The van der Waals surface area contributed by atoms with Crippen LogP contribution in [0.1, 0.15) is 30.5 Å². The Hall–Kier alpha value is -3.48. The van der Waals surface area contributed by atoms with Gasteiger partial charge in [-0.1, -0.05) is 60.1 Å². The summed E-state index contributed by atoms with van der Waals surface area (Å²) in [4.78, 5) is 22.9. The van der Waals surface area contributed by atoms with Crippen LogP contribution in [0.3, 0.4) is 0 Å². The second-order valence-corrected chi connectivity index (χ2v) is 9.64. The molecule has 0 saturated heterocycles. The number of pyridine rings is 1. The van der Waals surface area contributed by atoms with E-state index in [4.69, 9.17) is 25.7 Å². The van der Waals surface area contributed by atoms with E-state index in [1.807, 2.05) is 48.5 Å². The van der Waals surface area contributed by atoms with Crippen LogP contribution in [0, 0.1) is 0 Å². The molecule has 4 heterocycles. The molecule has 0 N–H and O–H groups in total. The molecule has 7 heteroatoms. The van der Waals surface area contributed by atoms with Crippen LogP contribution in [-0.4, -0.2) is 20.1 Å². The third-order valence-electron chi connectivity index (χ3n) is 6.37. The number of furan rings is 1. The topological polar surface area (TPSA) is 70.2 Å². The normalized spacial score (nSPS) is 15.0. The highest BCUT2D eigenvalue weighted by molar-refractivity contribution is 6.31. The average Bonchev–Trinajstić information content (AvgIpc) is 3.21. The Kier molecular flexibility index (Phi) is 4.83. The Bertz CT molecular complexity index is 1620. The van der Waals surface area contributed by atoms with Gasteiger partial charge in [0, 0.05) is 22.6 Å². The van der Waals surface area contributed by atoms with Crippen molar-refractivity contribution in [3.63, 3.8) is 0 Å². The fraction of sp³-hybridized carbons (Fsp3) is 0.222. The number of benzene rings is 2. The zero-order chi connectivity index (χ0) is 23.4. The van der Waals surface area contributed by atoms with Crippen LogP contribution in [0.15, 0.2) is 70.1 Å². The number of fused-ring (bicyclic) bond motifs is 5. The van der Waals surface area contributed by atoms with Crippen LogP contribution < -0.4 is 5.56 Å². The molecule has 0 amide bonds. The molecular weight excluding hydrogens is 450 g/mol. The van der Waals surface area contributed by atoms with E-state index in [2.05, 4.69) is 18.8 Å². The molecule has 1 aliphatic rings. The Morgan fingerprint density at radius 1 is 1.06 bits per heavy atom. The van der Waals surface area contributed by atoms with E-state index < -0.39 is 0 Å². The number of nitrogens with zero attached hydrogens (tertiary/aromatic N) is 3. The third kappa shape index (κ3) is 3.42. The number of rotatable bonds is 3. The summed E-state index contributed by atoms with van der Waals surface area (Å²) < 4.78 is 13.8. The van der Waals surface area contributed by atoms with Crippen LogP contribution in [0.4, 0.5) is 0 Å². The minimum absolute atomic E-state index is 0.203. The highest BCUT2D eigenvalue weighted by Gasteiger charge is 2.32. The molecular formula is C27H22ClN3O3. The van der Waals surface area contributed by atoms with Gasteiger partial charge in [0.2, 0.25) is 11.3 Å². The van der Waals surface area contributed by atoms with E-state index in [0.717, 1.165) is 33.3 Å². The quantitative estimate of drug-likeness (QED) is 0.334. The fourth-order valence-corrected chi connectivity index (χ4v) is 4.85. The van der Waals surface area contributed by atoms with E-state index >= 15 is 0 Å². The number of aromatic nitrogens is 3. The van der Waals surface area contributed by atoms with Gasteiger partial charge >= 0.3 is 0 Å². The Morgan fingerprint density at radius 2 is 1.82 bits per heavy atom. The van der Waals surface area contributed by atoms with Crippen LogP contribution in [0.5, 0.6) is 0 Å². The van der Waals surface area contributed by atoms with Crippen molar-refractivity contribution in [2.24, 2.45) is 0 Å². The molecule has 0 spiro atoms. The zero-order valence-corrected chi connectivity index (χ0v) is 19.6. The molecule has 0 bridgehead atoms. The minimum atomic E-state index is -0.349. The van der Waals surface area contributed by atoms with Crippen LogP contribution in [0.2, 0.25) is 5.02 Å². The zero-order valence-electron chi connectivity index (χ0n) is 18.8. The molecule has 5 aromatic rings. The van der Waals surface area contributed by atoms with Gasteiger partial charge in [0.15, 0.2) is 0 Å². The number of hydrogen-bond donors (Lipinski definition) is 0. The summed E-state index contributed by atoms with van der Waals surface area (Å²) in [6.45, 7) is 4.87. The minimum Gasteiger partial charge on any atom is -0.430 e. The lowest BCUT2D eigenvalue weighted by Gasteiger charge is -2.33. The lowest BCUT2D eigenvalue weighted by Crippen LogP contribution is -2.32. The van der Waals surface area contributed by atoms with Gasteiger partial charge in [-0.05, 0) is 31.0 Å². The molecule has 0 unspecified atom stereocenters. The monoisotopic (exact) mass is 471 g/mol.